The number of amides is 2. The zero-order chi connectivity index (χ0) is 19.1. The average Bonchev–Trinajstić information content (AvgIpc) is 3.22. The van der Waals surface area contributed by atoms with E-state index in [4.69, 9.17) is 4.74 Å². The Hall–Kier alpha value is -3.15. The fraction of sp³-hybridized carbons (Fsp3) is 0.286. The third kappa shape index (κ3) is 5.41. The molecule has 3 rings (SSSR count). The van der Waals surface area contributed by atoms with Crippen LogP contribution >= 0.6 is 0 Å². The van der Waals surface area contributed by atoms with Gasteiger partial charge in [0.05, 0.1) is 6.21 Å². The van der Waals surface area contributed by atoms with Crippen molar-refractivity contribution in [2.24, 2.45) is 5.10 Å². The Kier molecular flexibility index (Phi) is 6.20. The smallest absolute Gasteiger partial charge is 0.329 e. The van der Waals surface area contributed by atoms with E-state index in [2.05, 4.69) is 29.6 Å². The third-order valence-corrected chi connectivity index (χ3v) is 4.37. The van der Waals surface area contributed by atoms with Crippen molar-refractivity contribution in [3.63, 3.8) is 0 Å². The monoisotopic (exact) mass is 365 g/mol. The van der Waals surface area contributed by atoms with Gasteiger partial charge in [-0.25, -0.2) is 5.43 Å². The van der Waals surface area contributed by atoms with E-state index >= 15 is 0 Å². The number of nitrogens with zero attached hydrogens (tertiary/aromatic N) is 2. The van der Waals surface area contributed by atoms with Crippen molar-refractivity contribution in [3.05, 3.63) is 65.2 Å². The van der Waals surface area contributed by atoms with Crippen LogP contribution in [0.5, 0.6) is 5.75 Å². The number of rotatable bonds is 5. The molecule has 2 aromatic carbocycles. The van der Waals surface area contributed by atoms with E-state index in [-0.39, 0.29) is 0 Å². The number of nitrogens with one attached hydrogen (secondary N) is 1. The Morgan fingerprint density at radius 2 is 1.74 bits per heavy atom. The summed E-state index contributed by atoms with van der Waals surface area (Å²) in [6, 6.07) is 15.6. The molecule has 0 bridgehead atoms. The first-order valence-corrected chi connectivity index (χ1v) is 9.02. The lowest BCUT2D eigenvalue weighted by atomic mass is 10.2. The molecule has 1 heterocycles. The summed E-state index contributed by atoms with van der Waals surface area (Å²) in [4.78, 5) is 25.2. The van der Waals surface area contributed by atoms with E-state index < -0.39 is 11.8 Å². The van der Waals surface area contributed by atoms with Gasteiger partial charge in [0.1, 0.15) is 12.4 Å². The van der Waals surface area contributed by atoms with E-state index in [0.717, 1.165) is 29.7 Å². The summed E-state index contributed by atoms with van der Waals surface area (Å²) in [7, 11) is 0. The second kappa shape index (κ2) is 8.98. The molecule has 2 amide bonds. The SMILES string of the molecule is Cc1ccc(COc2ccc(C=NNC(=O)C(=O)N3CCCC3)cc2)cc1. The quantitative estimate of drug-likeness (QED) is 0.503. The highest BCUT2D eigenvalue weighted by molar-refractivity contribution is 6.35. The van der Waals surface area contributed by atoms with Gasteiger partial charge < -0.3 is 9.64 Å². The fourth-order valence-electron chi connectivity index (χ4n) is 2.78. The van der Waals surface area contributed by atoms with Crippen molar-refractivity contribution in [3.8, 4) is 5.75 Å². The van der Waals surface area contributed by atoms with Crippen molar-refractivity contribution in [1.29, 1.82) is 0 Å². The molecule has 1 aliphatic heterocycles. The van der Waals surface area contributed by atoms with Crippen LogP contribution < -0.4 is 10.2 Å². The zero-order valence-electron chi connectivity index (χ0n) is 15.4. The van der Waals surface area contributed by atoms with Gasteiger partial charge in [0.15, 0.2) is 0 Å². The number of carbonyl (C=O) groups is 2. The molecule has 1 fully saturated rings. The van der Waals surface area contributed by atoms with Gasteiger partial charge in [0, 0.05) is 13.1 Å². The highest BCUT2D eigenvalue weighted by Crippen LogP contribution is 2.14. The van der Waals surface area contributed by atoms with Crippen LogP contribution in [0.2, 0.25) is 0 Å². The molecule has 0 atom stereocenters. The molecule has 140 valence electrons. The molecule has 1 N–H and O–H groups in total. The number of hydrogen-bond donors (Lipinski definition) is 1. The lowest BCUT2D eigenvalue weighted by Crippen LogP contribution is -2.39. The van der Waals surface area contributed by atoms with Crippen molar-refractivity contribution >= 4 is 18.0 Å². The van der Waals surface area contributed by atoms with E-state index in [1.807, 2.05) is 36.4 Å². The van der Waals surface area contributed by atoms with Gasteiger partial charge in [-0.15, -0.1) is 0 Å². The molecule has 0 radical (unpaired) electrons. The topological polar surface area (TPSA) is 71.0 Å². The van der Waals surface area contributed by atoms with Gasteiger partial charge in [-0.2, -0.15) is 5.10 Å². The number of ether oxygens (including phenoxy) is 1. The number of likely N-dealkylation sites (tertiary alicyclic amines) is 1. The number of hydrazone groups is 1. The Balaban J connectivity index is 1.46. The van der Waals surface area contributed by atoms with Gasteiger partial charge in [-0.3, -0.25) is 9.59 Å². The Bertz CT molecular complexity index is 808. The van der Waals surface area contributed by atoms with Gasteiger partial charge in [-0.1, -0.05) is 29.8 Å². The van der Waals surface area contributed by atoms with Crippen LogP contribution in [0.15, 0.2) is 53.6 Å². The maximum absolute atomic E-state index is 11.9. The van der Waals surface area contributed by atoms with Crippen molar-refractivity contribution in [1.82, 2.24) is 10.3 Å². The van der Waals surface area contributed by atoms with E-state index in [0.29, 0.717) is 19.7 Å². The minimum Gasteiger partial charge on any atom is -0.489 e. The predicted octanol–water partition coefficient (Wildman–Crippen LogP) is 2.65. The summed E-state index contributed by atoms with van der Waals surface area (Å²) in [6.45, 7) is 3.83. The van der Waals surface area contributed by atoms with Gasteiger partial charge in [-0.05, 0) is 55.2 Å². The summed E-state index contributed by atoms with van der Waals surface area (Å²) in [5.74, 6) is -0.475. The molecule has 0 saturated carbocycles. The highest BCUT2D eigenvalue weighted by Gasteiger charge is 2.23. The summed E-state index contributed by atoms with van der Waals surface area (Å²) in [5, 5.41) is 3.85. The maximum Gasteiger partial charge on any atom is 0.329 e. The standard InChI is InChI=1S/C21H23N3O3/c1-16-4-6-18(7-5-16)15-27-19-10-8-17(9-11-19)14-22-23-20(25)21(26)24-12-2-3-13-24/h4-11,14H,2-3,12-13,15H2,1H3,(H,23,25). The minimum absolute atomic E-state index is 0.502. The second-order valence-electron chi connectivity index (χ2n) is 6.54. The normalized spacial score (nSPS) is 13.7. The molecule has 27 heavy (non-hydrogen) atoms. The van der Waals surface area contributed by atoms with Crippen LogP contribution in [0.4, 0.5) is 0 Å². The molecule has 1 aliphatic rings. The van der Waals surface area contributed by atoms with Crippen LogP contribution in [0.25, 0.3) is 0 Å². The largest absolute Gasteiger partial charge is 0.489 e. The van der Waals surface area contributed by atoms with Crippen LogP contribution in [-0.4, -0.2) is 36.0 Å². The predicted molar refractivity (Wildman–Crippen MR) is 104 cm³/mol. The first-order chi connectivity index (χ1) is 13.1. The summed E-state index contributed by atoms with van der Waals surface area (Å²) >= 11 is 0. The Morgan fingerprint density at radius 3 is 2.41 bits per heavy atom. The van der Waals surface area contributed by atoms with E-state index in [1.165, 1.54) is 11.8 Å². The molecular weight excluding hydrogens is 342 g/mol. The highest BCUT2D eigenvalue weighted by atomic mass is 16.5. The summed E-state index contributed by atoms with van der Waals surface area (Å²) < 4.78 is 5.75. The van der Waals surface area contributed by atoms with Crippen LogP contribution in [0, 0.1) is 6.92 Å². The fourth-order valence-corrected chi connectivity index (χ4v) is 2.78. The minimum atomic E-state index is -0.703. The molecule has 6 nitrogen and oxygen atoms in total. The third-order valence-electron chi connectivity index (χ3n) is 4.37. The average molecular weight is 365 g/mol. The summed E-state index contributed by atoms with van der Waals surface area (Å²) in [6.07, 6.45) is 3.39. The lowest BCUT2D eigenvalue weighted by molar-refractivity contribution is -0.145. The van der Waals surface area contributed by atoms with Crippen molar-refractivity contribution < 1.29 is 14.3 Å². The first-order valence-electron chi connectivity index (χ1n) is 9.02. The van der Waals surface area contributed by atoms with Crippen molar-refractivity contribution in [2.75, 3.05) is 13.1 Å². The molecule has 0 aliphatic carbocycles. The van der Waals surface area contributed by atoms with Crippen molar-refractivity contribution in [2.45, 2.75) is 26.4 Å². The molecule has 0 unspecified atom stereocenters. The zero-order valence-corrected chi connectivity index (χ0v) is 15.4. The molecule has 6 heteroatoms. The Labute approximate surface area is 158 Å². The summed E-state index contributed by atoms with van der Waals surface area (Å²) in [5.41, 5.74) is 5.41. The van der Waals surface area contributed by atoms with Gasteiger partial charge >= 0.3 is 11.8 Å². The Morgan fingerprint density at radius 1 is 1.07 bits per heavy atom. The molecular formula is C21H23N3O3. The molecule has 0 aromatic heterocycles. The van der Waals surface area contributed by atoms with E-state index in [9.17, 15) is 9.59 Å². The van der Waals surface area contributed by atoms with Gasteiger partial charge in [0.2, 0.25) is 0 Å². The number of carbonyl (C=O) groups excluding carboxylic acids is 2. The van der Waals surface area contributed by atoms with Crippen LogP contribution in [0.3, 0.4) is 0 Å². The molecule has 0 spiro atoms. The number of hydrogen-bond acceptors (Lipinski definition) is 4. The lowest BCUT2D eigenvalue weighted by Gasteiger charge is -2.12. The number of aryl methyl sites for hydroxylation is 1. The first kappa shape index (κ1) is 18.6. The van der Waals surface area contributed by atoms with Crippen LogP contribution in [0.1, 0.15) is 29.5 Å². The van der Waals surface area contributed by atoms with Crippen LogP contribution in [-0.2, 0) is 16.2 Å². The maximum atomic E-state index is 11.9. The molecule has 1 saturated heterocycles. The number of benzene rings is 2. The van der Waals surface area contributed by atoms with Gasteiger partial charge in [0.25, 0.3) is 0 Å². The second-order valence-corrected chi connectivity index (χ2v) is 6.54. The van der Waals surface area contributed by atoms with E-state index in [1.54, 1.807) is 4.90 Å². The molecule has 2 aromatic rings.